The number of benzene rings is 2. The van der Waals surface area contributed by atoms with Gasteiger partial charge in [-0.1, -0.05) is 90.7 Å². The smallest absolute Gasteiger partial charge is 0.227 e. The van der Waals surface area contributed by atoms with Crippen LogP contribution in [0.1, 0.15) is 89.3 Å². The van der Waals surface area contributed by atoms with Crippen LogP contribution in [0, 0.1) is 0 Å². The minimum atomic E-state index is -2.40. The van der Waals surface area contributed by atoms with Gasteiger partial charge in [0.15, 0.2) is 7.37 Å². The first-order valence-electron chi connectivity index (χ1n) is 16.9. The van der Waals surface area contributed by atoms with E-state index in [2.05, 4.69) is 42.7 Å². The highest BCUT2D eigenvalue weighted by Crippen LogP contribution is 2.38. The molecule has 8 nitrogen and oxygen atoms in total. The molecular weight excluding hydrogens is 650 g/mol. The highest BCUT2D eigenvalue weighted by Gasteiger charge is 2.24. The number of carbonyl (C=O) groups is 3. The van der Waals surface area contributed by atoms with Gasteiger partial charge < -0.3 is 20.1 Å². The van der Waals surface area contributed by atoms with Gasteiger partial charge in [-0.15, -0.1) is 0 Å². The number of amides is 3. The first kappa shape index (κ1) is 40.9. The van der Waals surface area contributed by atoms with Gasteiger partial charge in [0.05, 0.1) is 13.2 Å². The van der Waals surface area contributed by atoms with Crippen LogP contribution in [0.15, 0.2) is 48.5 Å². The van der Waals surface area contributed by atoms with Gasteiger partial charge >= 0.3 is 0 Å². The standard InChI is InChI=1S/C34H50N3O5PS2.C2H6/c1-34(2,25-32(39)35-21-11-5-6-12-23-42-43(3,4)41)45-44-24-22-36-31(38)19-20-33(40)37-26-29-15-8-7-13-27(29)17-18-28-14-9-10-16-30(28)37;1-2/h7-10,13-16H,5-6,11-12,17-26H2,1-4H3,(H,35,39)(H,36,38);1-2H3. The van der Waals surface area contributed by atoms with Crippen molar-refractivity contribution in [1.29, 1.82) is 0 Å². The van der Waals surface area contributed by atoms with Crippen LogP contribution in [-0.4, -0.2) is 61.2 Å². The second-order valence-corrected chi connectivity index (χ2v) is 18.3. The Morgan fingerprint density at radius 1 is 0.830 bits per heavy atom. The zero-order chi connectivity index (χ0) is 34.7. The summed E-state index contributed by atoms with van der Waals surface area (Å²) >= 11 is 0. The van der Waals surface area contributed by atoms with Crippen LogP contribution >= 0.6 is 29.0 Å². The largest absolute Gasteiger partial charge is 0.356 e. The molecule has 0 bridgehead atoms. The molecule has 0 aliphatic carbocycles. The molecular formula is C36H56N3O5PS2. The molecule has 1 aliphatic rings. The summed E-state index contributed by atoms with van der Waals surface area (Å²) in [5.41, 5.74) is 4.51. The van der Waals surface area contributed by atoms with Crippen LogP contribution in [0.25, 0.3) is 0 Å². The summed E-state index contributed by atoms with van der Waals surface area (Å²) in [5.74, 6) is 0.575. The van der Waals surface area contributed by atoms with E-state index in [-0.39, 0.29) is 35.3 Å². The number of carbonyl (C=O) groups excluding carboxylic acids is 3. The number of nitrogens with one attached hydrogen (secondary N) is 2. The molecule has 2 aromatic carbocycles. The third-order valence-corrected chi connectivity index (χ3v) is 11.5. The third kappa shape index (κ3) is 16.6. The Labute approximate surface area is 291 Å². The normalized spacial score (nSPS) is 12.9. The molecule has 0 saturated heterocycles. The van der Waals surface area contributed by atoms with E-state index in [4.69, 9.17) is 4.52 Å². The van der Waals surface area contributed by atoms with Gasteiger partial charge in [-0.2, -0.15) is 0 Å². The second-order valence-electron chi connectivity index (χ2n) is 12.4. The summed E-state index contributed by atoms with van der Waals surface area (Å²) in [7, 11) is 0.888. The van der Waals surface area contributed by atoms with E-state index in [1.807, 2.05) is 49.1 Å². The molecule has 0 unspecified atom stereocenters. The molecule has 1 heterocycles. The predicted octanol–water partition coefficient (Wildman–Crippen LogP) is 8.02. The maximum Gasteiger partial charge on any atom is 0.227 e. The second kappa shape index (κ2) is 21.7. The summed E-state index contributed by atoms with van der Waals surface area (Å²) in [4.78, 5) is 40.2. The lowest BCUT2D eigenvalue weighted by Crippen LogP contribution is -2.34. The Bertz CT molecular complexity index is 1320. The summed E-state index contributed by atoms with van der Waals surface area (Å²) < 4.78 is 16.6. The van der Waals surface area contributed by atoms with Crippen molar-refractivity contribution in [1.82, 2.24) is 10.6 Å². The maximum absolute atomic E-state index is 13.4. The fourth-order valence-corrected chi connectivity index (χ4v) is 8.12. The molecule has 0 spiro atoms. The minimum absolute atomic E-state index is 0.0402. The molecule has 47 heavy (non-hydrogen) atoms. The van der Waals surface area contributed by atoms with Gasteiger partial charge in [-0.25, -0.2) is 0 Å². The van der Waals surface area contributed by atoms with Crippen LogP contribution in [-0.2, 0) is 42.9 Å². The van der Waals surface area contributed by atoms with E-state index >= 15 is 0 Å². The summed E-state index contributed by atoms with van der Waals surface area (Å²) in [5, 5.41) is 5.95. The molecule has 0 radical (unpaired) electrons. The van der Waals surface area contributed by atoms with Gasteiger partial charge in [0.25, 0.3) is 0 Å². The molecule has 262 valence electrons. The fraction of sp³-hybridized carbons (Fsp3) is 0.583. The summed E-state index contributed by atoms with van der Waals surface area (Å²) in [6.45, 7) is 13.5. The van der Waals surface area contributed by atoms with Crippen molar-refractivity contribution >= 4 is 52.4 Å². The number of nitrogens with zero attached hydrogens (tertiary/aromatic N) is 1. The fourth-order valence-electron chi connectivity index (χ4n) is 5.14. The minimum Gasteiger partial charge on any atom is -0.356 e. The van der Waals surface area contributed by atoms with E-state index in [1.165, 1.54) is 5.56 Å². The third-order valence-electron chi connectivity index (χ3n) is 7.43. The van der Waals surface area contributed by atoms with Crippen LogP contribution in [0.3, 0.4) is 0 Å². The molecule has 3 amide bonds. The maximum atomic E-state index is 13.4. The van der Waals surface area contributed by atoms with E-state index in [0.717, 1.165) is 55.3 Å². The first-order chi connectivity index (χ1) is 22.4. The molecule has 1 aliphatic heterocycles. The van der Waals surface area contributed by atoms with Crippen molar-refractivity contribution in [3.05, 3.63) is 65.2 Å². The number of aryl methyl sites for hydroxylation is 2. The molecule has 0 fully saturated rings. The number of rotatable bonds is 18. The van der Waals surface area contributed by atoms with E-state index < -0.39 is 7.37 Å². The van der Waals surface area contributed by atoms with E-state index in [0.29, 0.717) is 38.4 Å². The lowest BCUT2D eigenvalue weighted by Gasteiger charge is -2.29. The van der Waals surface area contributed by atoms with E-state index in [1.54, 1.807) is 34.9 Å². The Hall–Kier alpha value is -2.26. The van der Waals surface area contributed by atoms with Gasteiger partial charge in [-0.3, -0.25) is 18.9 Å². The first-order valence-corrected chi connectivity index (χ1v) is 21.8. The monoisotopic (exact) mass is 705 g/mol. The molecule has 0 atom stereocenters. The average molecular weight is 706 g/mol. The molecule has 2 aromatic rings. The lowest BCUT2D eigenvalue weighted by molar-refractivity contribution is -0.125. The Balaban J connectivity index is 0.00000376. The number of unbranched alkanes of at least 4 members (excludes halogenated alkanes) is 3. The molecule has 11 heteroatoms. The van der Waals surface area contributed by atoms with Crippen LogP contribution in [0.4, 0.5) is 5.69 Å². The van der Waals surface area contributed by atoms with Gasteiger partial charge in [-0.05, 0) is 62.3 Å². The number of para-hydroxylation sites is 1. The van der Waals surface area contributed by atoms with Crippen LogP contribution < -0.4 is 15.5 Å². The van der Waals surface area contributed by atoms with Gasteiger partial charge in [0.2, 0.25) is 17.7 Å². The Kier molecular flexibility index (Phi) is 18.9. The Morgan fingerprint density at radius 2 is 1.45 bits per heavy atom. The van der Waals surface area contributed by atoms with Crippen molar-refractivity contribution in [2.75, 3.05) is 43.7 Å². The van der Waals surface area contributed by atoms with Crippen molar-refractivity contribution in [2.45, 2.75) is 96.8 Å². The van der Waals surface area contributed by atoms with Crippen LogP contribution in [0.5, 0.6) is 0 Å². The van der Waals surface area contributed by atoms with Crippen molar-refractivity contribution in [3.63, 3.8) is 0 Å². The van der Waals surface area contributed by atoms with Crippen molar-refractivity contribution < 1.29 is 23.5 Å². The highest BCUT2D eigenvalue weighted by atomic mass is 33.1. The predicted molar refractivity (Wildman–Crippen MR) is 201 cm³/mol. The SMILES string of the molecule is CC.CC(C)(CC(=O)NCCCCCCOP(C)(C)=O)SSCCNC(=O)CCC(=O)N1Cc2ccccc2CCc2ccccc21. The Morgan fingerprint density at radius 3 is 2.17 bits per heavy atom. The van der Waals surface area contributed by atoms with Gasteiger partial charge in [0, 0.05) is 61.9 Å². The zero-order valence-electron chi connectivity index (χ0n) is 29.3. The number of hydrogen-bond acceptors (Lipinski definition) is 7. The number of fused-ring (bicyclic) bond motifs is 2. The zero-order valence-corrected chi connectivity index (χ0v) is 31.8. The van der Waals surface area contributed by atoms with Crippen molar-refractivity contribution in [3.8, 4) is 0 Å². The molecule has 0 aromatic heterocycles. The van der Waals surface area contributed by atoms with E-state index in [9.17, 15) is 18.9 Å². The summed E-state index contributed by atoms with van der Waals surface area (Å²) in [6.07, 6.45) is 6.31. The average Bonchev–Trinajstić information content (AvgIpc) is 3.02. The lowest BCUT2D eigenvalue weighted by atomic mass is 9.95. The molecule has 2 N–H and O–H groups in total. The highest BCUT2D eigenvalue weighted by molar-refractivity contribution is 8.77. The number of anilines is 1. The van der Waals surface area contributed by atoms with Crippen LogP contribution in [0.2, 0.25) is 0 Å². The number of hydrogen-bond donors (Lipinski definition) is 2. The van der Waals surface area contributed by atoms with Gasteiger partial charge in [0.1, 0.15) is 0 Å². The summed E-state index contributed by atoms with van der Waals surface area (Å²) in [6, 6.07) is 16.3. The van der Waals surface area contributed by atoms with Crippen molar-refractivity contribution in [2.24, 2.45) is 0 Å². The topological polar surface area (TPSA) is 105 Å². The quantitative estimate of drug-likeness (QED) is 0.0920. The molecule has 3 rings (SSSR count). The molecule has 0 saturated carbocycles.